The second kappa shape index (κ2) is 2.97. The Bertz CT molecular complexity index is 297. The lowest BCUT2D eigenvalue weighted by Gasteiger charge is -2.08. The molecule has 4 nitrogen and oxygen atoms in total. The fourth-order valence-electron chi connectivity index (χ4n) is 1.01. The number of nitrogens with two attached hydrogens (primary N) is 1. The van der Waals surface area contributed by atoms with Crippen LogP contribution >= 0.6 is 0 Å². The minimum atomic E-state index is 0.152. The van der Waals surface area contributed by atoms with Crippen LogP contribution in [-0.2, 0) is 0 Å². The van der Waals surface area contributed by atoms with Crippen molar-refractivity contribution >= 4 is 5.95 Å². The first-order chi connectivity index (χ1) is 5.52. The van der Waals surface area contributed by atoms with E-state index in [1.54, 1.807) is 6.92 Å². The zero-order valence-electron chi connectivity index (χ0n) is 7.50. The zero-order valence-corrected chi connectivity index (χ0v) is 7.50. The Hall–Kier alpha value is -1.32. The molecule has 3 N–H and O–H groups in total. The number of anilines is 1. The van der Waals surface area contributed by atoms with Gasteiger partial charge in [0.2, 0.25) is 5.95 Å². The highest BCUT2D eigenvalue weighted by atomic mass is 16.3. The Balaban J connectivity index is 3.28. The lowest BCUT2D eigenvalue weighted by Crippen LogP contribution is -2.03. The molecule has 1 aromatic rings. The molecule has 1 heterocycles. The predicted octanol–water partition coefficient (Wildman–Crippen LogP) is 1.20. The van der Waals surface area contributed by atoms with Crippen molar-refractivity contribution in [3.05, 3.63) is 11.4 Å². The zero-order chi connectivity index (χ0) is 9.30. The molecule has 0 aromatic carbocycles. The van der Waals surface area contributed by atoms with Gasteiger partial charge in [0.05, 0.1) is 11.4 Å². The lowest BCUT2D eigenvalue weighted by molar-refractivity contribution is 0.452. The third-order valence-corrected chi connectivity index (χ3v) is 1.65. The van der Waals surface area contributed by atoms with Crippen molar-refractivity contribution in [2.45, 2.75) is 26.7 Å². The van der Waals surface area contributed by atoms with Crippen LogP contribution in [0.15, 0.2) is 0 Å². The summed E-state index contributed by atoms with van der Waals surface area (Å²) < 4.78 is 0. The second-order valence-electron chi connectivity index (χ2n) is 3.06. The van der Waals surface area contributed by atoms with Gasteiger partial charge in [-0.2, -0.15) is 0 Å². The van der Waals surface area contributed by atoms with Crippen molar-refractivity contribution in [2.75, 3.05) is 5.73 Å². The highest BCUT2D eigenvalue weighted by Crippen LogP contribution is 2.25. The number of aryl methyl sites for hydroxylation is 1. The molecule has 4 heteroatoms. The number of hydrogen-bond acceptors (Lipinski definition) is 4. The normalized spacial score (nSPS) is 10.7. The van der Waals surface area contributed by atoms with E-state index < -0.39 is 0 Å². The van der Waals surface area contributed by atoms with Gasteiger partial charge in [-0.25, -0.2) is 9.97 Å². The van der Waals surface area contributed by atoms with Crippen molar-refractivity contribution in [2.24, 2.45) is 0 Å². The summed E-state index contributed by atoms with van der Waals surface area (Å²) in [6.07, 6.45) is 0. The number of nitrogens with zero attached hydrogens (tertiary/aromatic N) is 2. The minimum Gasteiger partial charge on any atom is -0.504 e. The van der Waals surface area contributed by atoms with Gasteiger partial charge in [-0.1, -0.05) is 13.8 Å². The molecular weight excluding hydrogens is 154 g/mol. The molecule has 0 saturated carbocycles. The molecule has 12 heavy (non-hydrogen) atoms. The number of aromatic nitrogens is 2. The van der Waals surface area contributed by atoms with E-state index in [1.165, 1.54) is 0 Å². The number of nitrogen functional groups attached to an aromatic ring is 1. The number of rotatable bonds is 1. The molecule has 0 fully saturated rings. The number of aromatic hydroxyl groups is 1. The van der Waals surface area contributed by atoms with E-state index >= 15 is 0 Å². The molecule has 1 rings (SSSR count). The average Bonchev–Trinajstić information content (AvgIpc) is 1.96. The van der Waals surface area contributed by atoms with Crippen LogP contribution in [0.5, 0.6) is 5.75 Å². The van der Waals surface area contributed by atoms with Crippen LogP contribution in [0.1, 0.15) is 31.2 Å². The largest absolute Gasteiger partial charge is 0.504 e. The Morgan fingerprint density at radius 2 is 1.92 bits per heavy atom. The monoisotopic (exact) mass is 167 g/mol. The summed E-state index contributed by atoms with van der Waals surface area (Å²) in [6.45, 7) is 5.60. The molecule has 0 saturated heterocycles. The van der Waals surface area contributed by atoms with Crippen molar-refractivity contribution in [3.63, 3.8) is 0 Å². The third kappa shape index (κ3) is 1.47. The molecular formula is C8H13N3O. The maximum Gasteiger partial charge on any atom is 0.220 e. The molecule has 1 aromatic heterocycles. The quantitative estimate of drug-likeness (QED) is 0.659. The van der Waals surface area contributed by atoms with Crippen LogP contribution in [0.4, 0.5) is 5.95 Å². The molecule has 0 aliphatic carbocycles. The first-order valence-corrected chi connectivity index (χ1v) is 3.85. The van der Waals surface area contributed by atoms with Gasteiger partial charge in [-0.15, -0.1) is 0 Å². The standard InChI is InChI=1S/C8H13N3O/c1-4(2)6-7(12)5(3)10-8(9)11-6/h4,12H,1-3H3,(H2,9,10,11). The summed E-state index contributed by atoms with van der Waals surface area (Å²) >= 11 is 0. The van der Waals surface area contributed by atoms with Gasteiger partial charge in [-0.05, 0) is 12.8 Å². The van der Waals surface area contributed by atoms with Gasteiger partial charge in [0.25, 0.3) is 0 Å². The summed E-state index contributed by atoms with van der Waals surface area (Å²) in [5.74, 6) is 0.530. The van der Waals surface area contributed by atoms with Gasteiger partial charge in [-0.3, -0.25) is 0 Å². The average molecular weight is 167 g/mol. The molecule has 0 amide bonds. The van der Waals surface area contributed by atoms with Crippen molar-refractivity contribution in [1.29, 1.82) is 0 Å². The van der Waals surface area contributed by atoms with E-state index in [4.69, 9.17) is 5.73 Å². The maximum atomic E-state index is 9.51. The minimum absolute atomic E-state index is 0.152. The van der Waals surface area contributed by atoms with Gasteiger partial charge >= 0.3 is 0 Å². The molecule has 0 atom stereocenters. The molecule has 0 bridgehead atoms. The lowest BCUT2D eigenvalue weighted by atomic mass is 10.1. The summed E-state index contributed by atoms with van der Waals surface area (Å²) in [5.41, 5.74) is 6.58. The molecule has 0 aliphatic heterocycles. The van der Waals surface area contributed by atoms with Crippen molar-refractivity contribution in [1.82, 2.24) is 9.97 Å². The Morgan fingerprint density at radius 1 is 1.33 bits per heavy atom. The smallest absolute Gasteiger partial charge is 0.220 e. The molecule has 66 valence electrons. The van der Waals surface area contributed by atoms with E-state index in [0.717, 1.165) is 0 Å². The van der Waals surface area contributed by atoms with Crippen LogP contribution in [0, 0.1) is 6.92 Å². The summed E-state index contributed by atoms with van der Waals surface area (Å²) in [7, 11) is 0. The van der Waals surface area contributed by atoms with Gasteiger partial charge < -0.3 is 10.8 Å². The summed E-state index contributed by atoms with van der Waals surface area (Å²) in [6, 6.07) is 0. The van der Waals surface area contributed by atoms with E-state index in [-0.39, 0.29) is 17.6 Å². The topological polar surface area (TPSA) is 72.0 Å². The van der Waals surface area contributed by atoms with E-state index in [0.29, 0.717) is 11.4 Å². The maximum absolute atomic E-state index is 9.51. The van der Waals surface area contributed by atoms with E-state index in [9.17, 15) is 5.11 Å². The summed E-state index contributed by atoms with van der Waals surface area (Å²) in [5, 5.41) is 9.51. The van der Waals surface area contributed by atoms with Crippen LogP contribution in [0.2, 0.25) is 0 Å². The van der Waals surface area contributed by atoms with E-state index in [1.807, 2.05) is 13.8 Å². The number of hydrogen-bond donors (Lipinski definition) is 2. The summed E-state index contributed by atoms with van der Waals surface area (Å²) in [4.78, 5) is 7.78. The first kappa shape index (κ1) is 8.77. The fraction of sp³-hybridized carbons (Fsp3) is 0.500. The molecule has 0 unspecified atom stereocenters. The van der Waals surface area contributed by atoms with Gasteiger partial charge in [0.15, 0.2) is 5.75 Å². The first-order valence-electron chi connectivity index (χ1n) is 3.85. The van der Waals surface area contributed by atoms with Crippen molar-refractivity contribution in [3.8, 4) is 5.75 Å². The van der Waals surface area contributed by atoms with Gasteiger partial charge in [0.1, 0.15) is 0 Å². The molecule has 0 spiro atoms. The molecule has 0 aliphatic rings. The fourth-order valence-corrected chi connectivity index (χ4v) is 1.01. The van der Waals surface area contributed by atoms with Gasteiger partial charge in [0, 0.05) is 0 Å². The second-order valence-corrected chi connectivity index (χ2v) is 3.06. The Kier molecular flexibility index (Phi) is 2.17. The van der Waals surface area contributed by atoms with E-state index in [2.05, 4.69) is 9.97 Å². The van der Waals surface area contributed by atoms with Crippen LogP contribution in [0.3, 0.4) is 0 Å². The van der Waals surface area contributed by atoms with Crippen LogP contribution in [-0.4, -0.2) is 15.1 Å². The SMILES string of the molecule is Cc1nc(N)nc(C(C)C)c1O. The Labute approximate surface area is 71.5 Å². The van der Waals surface area contributed by atoms with Crippen LogP contribution in [0.25, 0.3) is 0 Å². The third-order valence-electron chi connectivity index (χ3n) is 1.65. The highest BCUT2D eigenvalue weighted by Gasteiger charge is 2.11. The Morgan fingerprint density at radius 3 is 2.42 bits per heavy atom. The van der Waals surface area contributed by atoms with Crippen molar-refractivity contribution < 1.29 is 5.11 Å². The molecule has 0 radical (unpaired) electrons. The predicted molar refractivity (Wildman–Crippen MR) is 46.9 cm³/mol. The van der Waals surface area contributed by atoms with Crippen LogP contribution < -0.4 is 5.73 Å². The highest BCUT2D eigenvalue weighted by molar-refractivity contribution is 5.37.